The predicted molar refractivity (Wildman–Crippen MR) is 75.1 cm³/mol. The number of rotatable bonds is 6. The Morgan fingerprint density at radius 3 is 2.33 bits per heavy atom. The quantitative estimate of drug-likeness (QED) is 0.778. The van der Waals surface area contributed by atoms with Crippen LogP contribution in [-0.4, -0.2) is 52.1 Å². The van der Waals surface area contributed by atoms with Crippen molar-refractivity contribution < 1.29 is 14.7 Å². The van der Waals surface area contributed by atoms with Crippen molar-refractivity contribution in [3.8, 4) is 0 Å². The van der Waals surface area contributed by atoms with Crippen LogP contribution in [0.2, 0.25) is 0 Å². The predicted octanol–water partition coefficient (Wildman–Crippen LogP) is 2.02. The molecule has 0 aliphatic heterocycles. The zero-order chi connectivity index (χ0) is 14.3. The van der Waals surface area contributed by atoms with E-state index in [4.69, 9.17) is 5.11 Å². The number of nitrogens with zero attached hydrogens (tertiary/aromatic N) is 1. The van der Waals surface area contributed by atoms with Crippen LogP contribution in [-0.2, 0) is 4.79 Å². The number of nitrogens with one attached hydrogen (secondary N) is 1. The number of carbonyl (C=O) groups is 2. The molecule has 6 heteroatoms. The third-order valence-corrected chi connectivity index (χ3v) is 3.62. The Morgan fingerprint density at radius 2 is 1.94 bits per heavy atom. The van der Waals surface area contributed by atoms with Gasteiger partial charge in [-0.05, 0) is 33.4 Å². The molecule has 0 saturated heterocycles. The van der Waals surface area contributed by atoms with Crippen LogP contribution in [0, 0.1) is 0 Å². The maximum absolute atomic E-state index is 11.9. The Labute approximate surface area is 113 Å². The van der Waals surface area contributed by atoms with Gasteiger partial charge in [-0.15, -0.1) is 0 Å². The SMILES string of the molecule is CSC(C)CCNC(=O)N(CC(=O)O)C(C)(C)C. The van der Waals surface area contributed by atoms with Crippen molar-refractivity contribution in [3.63, 3.8) is 0 Å². The highest BCUT2D eigenvalue weighted by atomic mass is 32.2. The van der Waals surface area contributed by atoms with Gasteiger partial charge >= 0.3 is 12.0 Å². The van der Waals surface area contributed by atoms with Gasteiger partial charge in [0.05, 0.1) is 0 Å². The van der Waals surface area contributed by atoms with Crippen molar-refractivity contribution in [1.29, 1.82) is 0 Å². The van der Waals surface area contributed by atoms with Gasteiger partial charge < -0.3 is 15.3 Å². The van der Waals surface area contributed by atoms with Gasteiger partial charge in [-0.25, -0.2) is 4.79 Å². The summed E-state index contributed by atoms with van der Waals surface area (Å²) in [5.74, 6) is -1.00. The fourth-order valence-electron chi connectivity index (χ4n) is 1.34. The van der Waals surface area contributed by atoms with Crippen molar-refractivity contribution in [2.75, 3.05) is 19.3 Å². The highest BCUT2D eigenvalue weighted by Gasteiger charge is 2.28. The third-order valence-electron chi connectivity index (χ3n) is 2.58. The summed E-state index contributed by atoms with van der Waals surface area (Å²) >= 11 is 1.74. The van der Waals surface area contributed by atoms with Gasteiger partial charge in [0.2, 0.25) is 0 Å². The number of aliphatic carboxylic acids is 1. The fraction of sp³-hybridized carbons (Fsp3) is 0.833. The smallest absolute Gasteiger partial charge is 0.323 e. The zero-order valence-corrected chi connectivity index (χ0v) is 12.6. The maximum Gasteiger partial charge on any atom is 0.323 e. The summed E-state index contributed by atoms with van der Waals surface area (Å²) in [6.07, 6.45) is 2.90. The van der Waals surface area contributed by atoms with E-state index in [2.05, 4.69) is 12.2 Å². The molecule has 18 heavy (non-hydrogen) atoms. The lowest BCUT2D eigenvalue weighted by Gasteiger charge is -2.34. The molecular weight excluding hydrogens is 252 g/mol. The van der Waals surface area contributed by atoms with Crippen LogP contribution in [0.3, 0.4) is 0 Å². The molecule has 1 atom stereocenters. The van der Waals surface area contributed by atoms with Crippen molar-refractivity contribution >= 4 is 23.8 Å². The summed E-state index contributed by atoms with van der Waals surface area (Å²) in [4.78, 5) is 24.0. The Kier molecular flexibility index (Phi) is 7.13. The minimum absolute atomic E-state index is 0.284. The van der Waals surface area contributed by atoms with E-state index in [0.29, 0.717) is 11.8 Å². The third kappa shape index (κ3) is 6.74. The molecular formula is C12H24N2O3S. The Balaban J connectivity index is 4.35. The highest BCUT2D eigenvalue weighted by molar-refractivity contribution is 7.99. The van der Waals surface area contributed by atoms with Crippen LogP contribution < -0.4 is 5.32 Å². The topological polar surface area (TPSA) is 69.6 Å². The first kappa shape index (κ1) is 17.1. The number of thioether (sulfide) groups is 1. The van der Waals surface area contributed by atoms with E-state index < -0.39 is 11.5 Å². The second-order valence-electron chi connectivity index (χ2n) is 5.22. The second kappa shape index (κ2) is 7.51. The summed E-state index contributed by atoms with van der Waals surface area (Å²) < 4.78 is 0. The average Bonchev–Trinajstić information content (AvgIpc) is 2.23. The van der Waals surface area contributed by atoms with E-state index in [-0.39, 0.29) is 12.6 Å². The van der Waals surface area contributed by atoms with Crippen LogP contribution in [0.1, 0.15) is 34.1 Å². The van der Waals surface area contributed by atoms with E-state index in [0.717, 1.165) is 6.42 Å². The Morgan fingerprint density at radius 1 is 1.39 bits per heavy atom. The van der Waals surface area contributed by atoms with Crippen LogP contribution in [0.15, 0.2) is 0 Å². The van der Waals surface area contributed by atoms with Gasteiger partial charge in [0.1, 0.15) is 6.54 Å². The maximum atomic E-state index is 11.9. The lowest BCUT2D eigenvalue weighted by Crippen LogP contribution is -2.52. The zero-order valence-electron chi connectivity index (χ0n) is 11.8. The van der Waals surface area contributed by atoms with Crippen LogP contribution in [0.5, 0.6) is 0 Å². The van der Waals surface area contributed by atoms with Gasteiger partial charge in [-0.1, -0.05) is 6.92 Å². The highest BCUT2D eigenvalue weighted by Crippen LogP contribution is 2.13. The molecule has 0 aromatic heterocycles. The van der Waals surface area contributed by atoms with Crippen molar-refractivity contribution in [1.82, 2.24) is 10.2 Å². The molecule has 0 aromatic carbocycles. The number of hydrogen-bond donors (Lipinski definition) is 2. The van der Waals surface area contributed by atoms with Crippen molar-refractivity contribution in [3.05, 3.63) is 0 Å². The van der Waals surface area contributed by atoms with E-state index in [1.807, 2.05) is 27.0 Å². The van der Waals surface area contributed by atoms with E-state index in [9.17, 15) is 9.59 Å². The minimum Gasteiger partial charge on any atom is -0.480 e. The molecule has 5 nitrogen and oxygen atoms in total. The first-order chi connectivity index (χ1) is 8.18. The molecule has 2 N–H and O–H groups in total. The molecule has 2 amide bonds. The molecule has 0 aliphatic carbocycles. The summed E-state index contributed by atoms with van der Waals surface area (Å²) in [5.41, 5.74) is -0.506. The molecule has 0 rings (SSSR count). The van der Waals surface area contributed by atoms with Crippen molar-refractivity contribution in [2.45, 2.75) is 44.9 Å². The molecule has 0 aliphatic rings. The van der Waals surface area contributed by atoms with Crippen LogP contribution >= 0.6 is 11.8 Å². The summed E-state index contributed by atoms with van der Waals surface area (Å²) in [5, 5.41) is 12.1. The molecule has 0 saturated carbocycles. The number of carboxylic acids is 1. The molecule has 0 spiro atoms. The van der Waals surface area contributed by atoms with Gasteiger partial charge in [0, 0.05) is 17.3 Å². The summed E-state index contributed by atoms with van der Waals surface area (Å²) in [6, 6.07) is -0.321. The molecule has 0 radical (unpaired) electrons. The Hall–Kier alpha value is -0.910. The van der Waals surface area contributed by atoms with Crippen molar-refractivity contribution in [2.24, 2.45) is 0 Å². The van der Waals surface area contributed by atoms with Crippen LogP contribution in [0.4, 0.5) is 4.79 Å². The Bertz CT molecular complexity index is 290. The number of carboxylic acid groups (broad SMARTS) is 1. The van der Waals surface area contributed by atoms with Gasteiger partial charge in [-0.3, -0.25) is 4.79 Å². The normalized spacial score (nSPS) is 12.9. The van der Waals surface area contributed by atoms with E-state index >= 15 is 0 Å². The lowest BCUT2D eigenvalue weighted by atomic mass is 10.1. The summed E-state index contributed by atoms with van der Waals surface area (Å²) in [7, 11) is 0. The van der Waals surface area contributed by atoms with E-state index in [1.165, 1.54) is 4.90 Å². The molecule has 0 fully saturated rings. The van der Waals surface area contributed by atoms with E-state index in [1.54, 1.807) is 11.8 Å². The largest absolute Gasteiger partial charge is 0.480 e. The lowest BCUT2D eigenvalue weighted by molar-refractivity contribution is -0.138. The molecule has 0 aromatic rings. The monoisotopic (exact) mass is 276 g/mol. The average molecular weight is 276 g/mol. The summed E-state index contributed by atoms with van der Waals surface area (Å²) in [6.45, 7) is 7.83. The van der Waals surface area contributed by atoms with Gasteiger partial charge in [0.25, 0.3) is 0 Å². The number of amides is 2. The first-order valence-corrected chi connectivity index (χ1v) is 7.27. The van der Waals surface area contributed by atoms with Gasteiger partial charge in [-0.2, -0.15) is 11.8 Å². The standard InChI is InChI=1S/C12H24N2O3S/c1-9(18-5)6-7-13-11(17)14(8-10(15)16)12(2,3)4/h9H,6-8H2,1-5H3,(H,13,17)(H,15,16). The molecule has 0 heterocycles. The molecule has 1 unspecified atom stereocenters. The second-order valence-corrected chi connectivity index (χ2v) is 6.49. The number of hydrogen-bond acceptors (Lipinski definition) is 3. The number of urea groups is 1. The first-order valence-electron chi connectivity index (χ1n) is 5.98. The van der Waals surface area contributed by atoms with Gasteiger partial charge in [0.15, 0.2) is 0 Å². The minimum atomic E-state index is -1.00. The van der Waals surface area contributed by atoms with Crippen LogP contribution in [0.25, 0.3) is 0 Å². The number of carbonyl (C=O) groups excluding carboxylic acids is 1. The molecule has 106 valence electrons. The molecule has 0 bridgehead atoms. The fourth-order valence-corrected chi connectivity index (χ4v) is 1.70.